The maximum absolute atomic E-state index is 2.61. The summed E-state index contributed by atoms with van der Waals surface area (Å²) in [6.07, 6.45) is 15.8. The fourth-order valence-corrected chi connectivity index (χ4v) is 15.3. The number of fused-ring (bicyclic) bond motifs is 2. The van der Waals surface area contributed by atoms with Gasteiger partial charge in [0.15, 0.2) is 0 Å². The number of hydrogen-bond donors (Lipinski definition) is 0. The molecular formula is C28H36Cl2SiZr. The van der Waals surface area contributed by atoms with Crippen molar-refractivity contribution in [1.82, 2.24) is 0 Å². The Morgan fingerprint density at radius 1 is 0.969 bits per heavy atom. The number of hydrogen-bond acceptors (Lipinski definition) is 0. The maximum atomic E-state index is 2.61. The third kappa shape index (κ3) is 4.59. The van der Waals surface area contributed by atoms with E-state index < -0.39 is 28.3 Å². The molecule has 3 aliphatic rings. The molecule has 0 heterocycles. The summed E-state index contributed by atoms with van der Waals surface area (Å²) in [5.41, 5.74) is 6.58. The van der Waals surface area contributed by atoms with Crippen molar-refractivity contribution in [2.24, 2.45) is 10.8 Å². The Morgan fingerprint density at radius 3 is 2.19 bits per heavy atom. The predicted molar refractivity (Wildman–Crippen MR) is 131 cm³/mol. The molecule has 0 spiro atoms. The zero-order valence-electron chi connectivity index (χ0n) is 20.7. The van der Waals surface area contributed by atoms with E-state index in [0.717, 1.165) is 6.42 Å². The molecule has 0 N–H and O–H groups in total. The zero-order valence-corrected chi connectivity index (χ0v) is 25.9. The molecule has 0 radical (unpaired) electrons. The second kappa shape index (κ2) is 9.69. The Hall–Kier alpha value is -0.400. The molecule has 32 heavy (non-hydrogen) atoms. The maximum Gasteiger partial charge on any atom is -1.00 e. The predicted octanol–water partition coefficient (Wildman–Crippen LogP) is -0.254. The van der Waals surface area contributed by atoms with E-state index in [9.17, 15) is 0 Å². The van der Waals surface area contributed by atoms with Gasteiger partial charge in [0.25, 0.3) is 0 Å². The molecule has 1 atom stereocenters. The standard InChI is InChI=1S/C26H29.C2H7Si.2ClH.Zr/c1-24(2,3)21-11-12-22-18(16-21)15-19-17-26(25(4,5)6,14-13-23(19)22)20-9-7-8-10-20;1-3-2;;;/h7-9,11-16H,10H2,1-6H3;3H,1-2H3;2*1H;/q;;;;+2/p-2. The first-order valence-electron chi connectivity index (χ1n) is 11.4. The molecule has 0 nitrogen and oxygen atoms in total. The van der Waals surface area contributed by atoms with Crippen LogP contribution < -0.4 is 35.3 Å². The topological polar surface area (TPSA) is 0 Å². The van der Waals surface area contributed by atoms with Crippen LogP contribution in [0.25, 0.3) is 11.6 Å². The second-order valence-electron chi connectivity index (χ2n) is 11.4. The van der Waals surface area contributed by atoms with E-state index >= 15 is 0 Å². The molecule has 1 aromatic rings. The normalized spacial score (nSPS) is 21.4. The first kappa shape index (κ1) is 27.8. The van der Waals surface area contributed by atoms with Crippen molar-refractivity contribution in [1.29, 1.82) is 0 Å². The monoisotopic (exact) mass is 560 g/mol. The van der Waals surface area contributed by atoms with Crippen molar-refractivity contribution in [3.05, 3.63) is 79.0 Å². The van der Waals surface area contributed by atoms with Crippen LogP contribution in [-0.4, -0.2) is 5.92 Å². The Labute approximate surface area is 219 Å². The molecule has 3 aliphatic carbocycles. The molecule has 0 bridgehead atoms. The summed E-state index contributed by atoms with van der Waals surface area (Å²) in [7, 11) is 0. The summed E-state index contributed by atoms with van der Waals surface area (Å²) in [6.45, 7) is 19.5. The van der Waals surface area contributed by atoms with Crippen LogP contribution in [-0.2, 0) is 27.8 Å². The van der Waals surface area contributed by atoms with Crippen LogP contribution in [0.5, 0.6) is 0 Å². The summed E-state index contributed by atoms with van der Waals surface area (Å²) in [6, 6.07) is 7.18. The van der Waals surface area contributed by atoms with E-state index in [-0.39, 0.29) is 41.1 Å². The van der Waals surface area contributed by atoms with E-state index in [2.05, 4.69) is 109 Å². The van der Waals surface area contributed by atoms with Crippen molar-refractivity contribution in [2.45, 2.75) is 66.5 Å². The van der Waals surface area contributed by atoms with Gasteiger partial charge in [-0.25, -0.2) is 0 Å². The largest absolute Gasteiger partial charge is 1.00 e. The van der Waals surface area contributed by atoms with Gasteiger partial charge in [-0.1, -0.05) is 0 Å². The fourth-order valence-electron chi connectivity index (χ4n) is 5.26. The SMILES string of the molecule is C[SiH](C)[Zr+2][C]1=C2C=c3cc(C(C)(C)C)ccc3=C2C=CC1(C1=CC=CC1)C(C)(C)C.[Cl-].[Cl-]. The van der Waals surface area contributed by atoms with Crippen LogP contribution in [0.1, 0.15) is 53.5 Å². The molecule has 0 fully saturated rings. The second-order valence-corrected chi connectivity index (χ2v) is 25.9. The summed E-state index contributed by atoms with van der Waals surface area (Å²) < 4.78 is 1.85. The molecule has 170 valence electrons. The van der Waals surface area contributed by atoms with Crippen LogP contribution in [0.2, 0.25) is 13.1 Å². The Kier molecular flexibility index (Phi) is 8.43. The van der Waals surface area contributed by atoms with Gasteiger partial charge in [0.1, 0.15) is 0 Å². The van der Waals surface area contributed by atoms with E-state index in [0.29, 0.717) is 0 Å². The molecule has 0 aliphatic heterocycles. The van der Waals surface area contributed by atoms with Crippen molar-refractivity contribution >= 4 is 17.6 Å². The van der Waals surface area contributed by atoms with Gasteiger partial charge in [-0.3, -0.25) is 0 Å². The van der Waals surface area contributed by atoms with Crippen molar-refractivity contribution in [3.63, 3.8) is 0 Å². The van der Waals surface area contributed by atoms with Gasteiger partial charge < -0.3 is 24.8 Å². The minimum absolute atomic E-state index is 0. The smallest absolute Gasteiger partial charge is 1.00 e. The number of benzene rings is 1. The Bertz CT molecular complexity index is 1140. The average Bonchev–Trinajstić information content (AvgIpc) is 3.27. The molecule has 4 rings (SSSR count). The molecule has 0 aromatic heterocycles. The van der Waals surface area contributed by atoms with Crippen LogP contribution >= 0.6 is 0 Å². The van der Waals surface area contributed by atoms with Gasteiger partial charge >= 0.3 is 196 Å². The molecule has 0 amide bonds. The van der Waals surface area contributed by atoms with Gasteiger partial charge in [0.2, 0.25) is 0 Å². The van der Waals surface area contributed by atoms with E-state index in [4.69, 9.17) is 0 Å². The average molecular weight is 563 g/mol. The number of rotatable bonds is 3. The Morgan fingerprint density at radius 2 is 1.66 bits per heavy atom. The van der Waals surface area contributed by atoms with E-state index in [1.54, 1.807) is 11.1 Å². The van der Waals surface area contributed by atoms with Gasteiger partial charge in [-0.15, -0.1) is 0 Å². The van der Waals surface area contributed by atoms with Crippen molar-refractivity contribution in [2.75, 3.05) is 0 Å². The molecule has 1 aromatic carbocycles. The van der Waals surface area contributed by atoms with Crippen LogP contribution in [0.3, 0.4) is 0 Å². The third-order valence-electron chi connectivity index (χ3n) is 6.86. The third-order valence-corrected chi connectivity index (χ3v) is 15.7. The zero-order chi connectivity index (χ0) is 21.9. The molecule has 1 unspecified atom stereocenters. The summed E-state index contributed by atoms with van der Waals surface area (Å²) in [5, 5.41) is 2.88. The first-order valence-corrected chi connectivity index (χ1v) is 19.8. The van der Waals surface area contributed by atoms with Gasteiger partial charge in [0.05, 0.1) is 0 Å². The number of allylic oxidation sites excluding steroid dienone is 8. The van der Waals surface area contributed by atoms with Crippen molar-refractivity contribution < 1.29 is 47.2 Å². The molecule has 0 saturated carbocycles. The Balaban J connectivity index is 0.00000181. The minimum atomic E-state index is -0.630. The van der Waals surface area contributed by atoms with Gasteiger partial charge in [-0.05, 0) is 0 Å². The molecule has 4 heteroatoms. The van der Waals surface area contributed by atoms with Crippen LogP contribution in [0.4, 0.5) is 0 Å². The van der Waals surface area contributed by atoms with Crippen LogP contribution in [0, 0.1) is 10.8 Å². The summed E-state index contributed by atoms with van der Waals surface area (Å²) in [4.78, 5) is 0. The minimum Gasteiger partial charge on any atom is -1.00 e. The van der Waals surface area contributed by atoms with Gasteiger partial charge in [0, 0.05) is 0 Å². The first-order chi connectivity index (χ1) is 13.9. The summed E-state index contributed by atoms with van der Waals surface area (Å²) >= 11 is -0.619. The van der Waals surface area contributed by atoms with E-state index in [1.165, 1.54) is 21.6 Å². The summed E-state index contributed by atoms with van der Waals surface area (Å²) in [5.74, 6) is -0.630. The molecule has 0 saturated heterocycles. The quantitative estimate of drug-likeness (QED) is 0.446. The number of halogens is 2. The van der Waals surface area contributed by atoms with Crippen LogP contribution in [0.15, 0.2) is 63.0 Å². The fraction of sp³-hybridized carbons (Fsp3) is 0.429. The van der Waals surface area contributed by atoms with Crippen molar-refractivity contribution in [3.8, 4) is 0 Å². The molecular weight excluding hydrogens is 527 g/mol. The van der Waals surface area contributed by atoms with E-state index in [1.807, 2.05) is 3.28 Å². The van der Waals surface area contributed by atoms with Gasteiger partial charge in [-0.2, -0.15) is 0 Å².